The Morgan fingerprint density at radius 2 is 1.89 bits per heavy atom. The van der Waals surface area contributed by atoms with Crippen LogP contribution in [0.2, 0.25) is 0 Å². The maximum atomic E-state index is 10.3. The molecule has 1 aromatic rings. The van der Waals surface area contributed by atoms with Crippen molar-refractivity contribution in [3.8, 4) is 0 Å². The van der Waals surface area contributed by atoms with Crippen LogP contribution < -0.4 is 0 Å². The Balaban J connectivity index is 1.87. The van der Waals surface area contributed by atoms with Crippen LogP contribution in [0.5, 0.6) is 0 Å². The second kappa shape index (κ2) is 7.06. The number of rotatable bonds is 7. The third-order valence-electron chi connectivity index (χ3n) is 4.39. The van der Waals surface area contributed by atoms with E-state index in [4.69, 9.17) is 0 Å². The predicted octanol–water partition coefficient (Wildman–Crippen LogP) is 3.40. The molecule has 0 spiro atoms. The monoisotopic (exact) mass is 261 g/mol. The van der Waals surface area contributed by atoms with Gasteiger partial charge in [-0.15, -0.1) is 0 Å². The molecule has 0 saturated heterocycles. The second-order valence-corrected chi connectivity index (χ2v) is 5.76. The van der Waals surface area contributed by atoms with Crippen LogP contribution in [0.25, 0.3) is 0 Å². The largest absolute Gasteiger partial charge is 0.387 e. The highest BCUT2D eigenvalue weighted by Gasteiger charge is 2.21. The SMILES string of the molecule is CCc1ccc(C(O)CN(CC)CC2CCC2)cc1. The highest BCUT2D eigenvalue weighted by Crippen LogP contribution is 2.27. The third-order valence-corrected chi connectivity index (χ3v) is 4.39. The Hall–Kier alpha value is -0.860. The summed E-state index contributed by atoms with van der Waals surface area (Å²) in [6.07, 6.45) is 4.84. The lowest BCUT2D eigenvalue weighted by Crippen LogP contribution is -2.35. The van der Waals surface area contributed by atoms with Gasteiger partial charge >= 0.3 is 0 Å². The van der Waals surface area contributed by atoms with Crippen LogP contribution in [0.15, 0.2) is 24.3 Å². The predicted molar refractivity (Wildman–Crippen MR) is 80.2 cm³/mol. The van der Waals surface area contributed by atoms with Crippen LogP contribution in [0.3, 0.4) is 0 Å². The molecular formula is C17H27NO. The zero-order valence-electron chi connectivity index (χ0n) is 12.3. The molecule has 1 fully saturated rings. The average molecular weight is 261 g/mol. The van der Waals surface area contributed by atoms with Crippen molar-refractivity contribution in [2.45, 2.75) is 45.6 Å². The first kappa shape index (κ1) is 14.5. The van der Waals surface area contributed by atoms with Gasteiger partial charge in [0.25, 0.3) is 0 Å². The molecule has 1 saturated carbocycles. The first-order valence-electron chi connectivity index (χ1n) is 7.72. The number of benzene rings is 1. The minimum absolute atomic E-state index is 0.356. The van der Waals surface area contributed by atoms with Crippen LogP contribution >= 0.6 is 0 Å². The van der Waals surface area contributed by atoms with Crippen LogP contribution in [-0.4, -0.2) is 29.6 Å². The Labute approximate surface area is 117 Å². The second-order valence-electron chi connectivity index (χ2n) is 5.76. The van der Waals surface area contributed by atoms with E-state index in [0.29, 0.717) is 0 Å². The van der Waals surface area contributed by atoms with Crippen molar-refractivity contribution in [1.29, 1.82) is 0 Å². The van der Waals surface area contributed by atoms with Gasteiger partial charge in [-0.3, -0.25) is 0 Å². The Bertz CT molecular complexity index is 369. The molecule has 1 atom stereocenters. The molecule has 2 heteroatoms. The minimum Gasteiger partial charge on any atom is -0.387 e. The first-order valence-corrected chi connectivity index (χ1v) is 7.72. The number of nitrogens with zero attached hydrogens (tertiary/aromatic N) is 1. The summed E-state index contributed by atoms with van der Waals surface area (Å²) in [5, 5.41) is 10.3. The van der Waals surface area contributed by atoms with Crippen LogP contribution in [0.1, 0.15) is 50.3 Å². The zero-order chi connectivity index (χ0) is 13.7. The van der Waals surface area contributed by atoms with E-state index in [1.807, 2.05) is 0 Å². The standard InChI is InChI=1S/C17H27NO/c1-3-14-8-10-16(11-9-14)17(19)13-18(4-2)12-15-6-5-7-15/h8-11,15,17,19H,3-7,12-13H2,1-2H3. The van der Waals surface area contributed by atoms with E-state index in [9.17, 15) is 5.11 Å². The lowest BCUT2D eigenvalue weighted by atomic mass is 9.85. The van der Waals surface area contributed by atoms with Crippen molar-refractivity contribution < 1.29 is 5.11 Å². The number of hydrogen-bond acceptors (Lipinski definition) is 2. The summed E-state index contributed by atoms with van der Waals surface area (Å²) in [4.78, 5) is 2.39. The van der Waals surface area contributed by atoms with Gasteiger partial charge in [0.2, 0.25) is 0 Å². The quantitative estimate of drug-likeness (QED) is 0.813. The van der Waals surface area contributed by atoms with Gasteiger partial charge < -0.3 is 10.0 Å². The summed E-state index contributed by atoms with van der Waals surface area (Å²) < 4.78 is 0. The Morgan fingerprint density at radius 3 is 2.37 bits per heavy atom. The van der Waals surface area contributed by atoms with Crippen molar-refractivity contribution in [3.63, 3.8) is 0 Å². The topological polar surface area (TPSA) is 23.5 Å². The van der Waals surface area contributed by atoms with Crippen molar-refractivity contribution in [1.82, 2.24) is 4.90 Å². The van der Waals surface area contributed by atoms with Gasteiger partial charge in [-0.2, -0.15) is 0 Å². The summed E-state index contributed by atoms with van der Waals surface area (Å²) in [6, 6.07) is 8.39. The van der Waals surface area contributed by atoms with Crippen molar-refractivity contribution >= 4 is 0 Å². The lowest BCUT2D eigenvalue weighted by Gasteiger charge is -2.32. The molecular weight excluding hydrogens is 234 g/mol. The Morgan fingerprint density at radius 1 is 1.21 bits per heavy atom. The number of aryl methyl sites for hydroxylation is 1. The minimum atomic E-state index is -0.356. The van der Waals surface area contributed by atoms with Gasteiger partial charge in [-0.1, -0.05) is 44.5 Å². The van der Waals surface area contributed by atoms with E-state index < -0.39 is 0 Å². The van der Waals surface area contributed by atoms with Gasteiger partial charge in [-0.25, -0.2) is 0 Å². The fraction of sp³-hybridized carbons (Fsp3) is 0.647. The average Bonchev–Trinajstić information content (AvgIpc) is 2.41. The molecule has 2 rings (SSSR count). The summed E-state index contributed by atoms with van der Waals surface area (Å²) in [5.74, 6) is 0.870. The maximum absolute atomic E-state index is 10.3. The van der Waals surface area contributed by atoms with E-state index in [2.05, 4.69) is 43.0 Å². The zero-order valence-corrected chi connectivity index (χ0v) is 12.3. The molecule has 1 aromatic carbocycles. The Kier molecular flexibility index (Phi) is 5.41. The summed E-state index contributed by atoms with van der Waals surface area (Å²) in [5.41, 5.74) is 2.38. The van der Waals surface area contributed by atoms with Gasteiger partial charge in [0, 0.05) is 13.1 Å². The molecule has 0 heterocycles. The maximum Gasteiger partial charge on any atom is 0.0916 e. The molecule has 1 unspecified atom stereocenters. The molecule has 0 aliphatic heterocycles. The number of likely N-dealkylation sites (N-methyl/N-ethyl adjacent to an activating group) is 1. The molecule has 1 aliphatic carbocycles. The number of aliphatic hydroxyl groups excluding tert-OH is 1. The highest BCUT2D eigenvalue weighted by atomic mass is 16.3. The van der Waals surface area contributed by atoms with Gasteiger partial charge in [-0.05, 0) is 42.9 Å². The van der Waals surface area contributed by atoms with Crippen molar-refractivity contribution in [2.75, 3.05) is 19.6 Å². The molecule has 0 radical (unpaired) electrons. The highest BCUT2D eigenvalue weighted by molar-refractivity contribution is 5.24. The van der Waals surface area contributed by atoms with E-state index in [1.165, 1.54) is 24.8 Å². The van der Waals surface area contributed by atoms with Crippen LogP contribution in [0.4, 0.5) is 0 Å². The van der Waals surface area contributed by atoms with E-state index in [0.717, 1.165) is 37.5 Å². The van der Waals surface area contributed by atoms with Crippen LogP contribution in [0, 0.1) is 5.92 Å². The summed E-state index contributed by atoms with van der Waals surface area (Å²) in [7, 11) is 0. The smallest absolute Gasteiger partial charge is 0.0916 e. The first-order chi connectivity index (χ1) is 9.22. The molecule has 0 bridgehead atoms. The molecule has 0 amide bonds. The fourth-order valence-corrected chi connectivity index (χ4v) is 2.70. The summed E-state index contributed by atoms with van der Waals surface area (Å²) >= 11 is 0. The van der Waals surface area contributed by atoms with Crippen LogP contribution in [-0.2, 0) is 6.42 Å². The molecule has 2 nitrogen and oxygen atoms in total. The van der Waals surface area contributed by atoms with Crippen molar-refractivity contribution in [3.05, 3.63) is 35.4 Å². The molecule has 1 aliphatic rings. The molecule has 106 valence electrons. The number of hydrogen-bond donors (Lipinski definition) is 1. The lowest BCUT2D eigenvalue weighted by molar-refractivity contribution is 0.0941. The van der Waals surface area contributed by atoms with Gasteiger partial charge in [0.1, 0.15) is 0 Å². The van der Waals surface area contributed by atoms with Crippen molar-refractivity contribution in [2.24, 2.45) is 5.92 Å². The molecule has 19 heavy (non-hydrogen) atoms. The number of aliphatic hydroxyl groups is 1. The van der Waals surface area contributed by atoms with E-state index in [-0.39, 0.29) is 6.10 Å². The fourth-order valence-electron chi connectivity index (χ4n) is 2.70. The van der Waals surface area contributed by atoms with Gasteiger partial charge in [0.15, 0.2) is 0 Å². The van der Waals surface area contributed by atoms with E-state index >= 15 is 0 Å². The normalized spacial score (nSPS) is 17.5. The third kappa shape index (κ3) is 4.05. The molecule has 0 aromatic heterocycles. The molecule has 1 N–H and O–H groups in total. The van der Waals surface area contributed by atoms with Gasteiger partial charge in [0.05, 0.1) is 6.10 Å². The summed E-state index contributed by atoms with van der Waals surface area (Å²) in [6.45, 7) is 7.29. The van der Waals surface area contributed by atoms with E-state index in [1.54, 1.807) is 0 Å².